The average Bonchev–Trinajstić information content (AvgIpc) is 2.78. The number of hydrogen-bond acceptors (Lipinski definition) is 0. The van der Waals surface area contributed by atoms with Crippen molar-refractivity contribution in [3.05, 3.63) is 48.1 Å². The zero-order valence-corrected chi connectivity index (χ0v) is 18.2. The van der Waals surface area contributed by atoms with Crippen molar-refractivity contribution >= 4 is 15.4 Å². The second kappa shape index (κ2) is 22.2. The molecule has 0 amide bonds. The molecule has 0 nitrogen and oxygen atoms in total. The molecule has 93 valence electrons. The van der Waals surface area contributed by atoms with E-state index in [1.807, 2.05) is 12.2 Å². The molecule has 2 aliphatic carbocycles. The molecule has 0 saturated heterocycles. The van der Waals surface area contributed by atoms with Crippen LogP contribution in [0.15, 0.2) is 36.0 Å². The molecular weight excluding hydrogens is 478 g/mol. The summed E-state index contributed by atoms with van der Waals surface area (Å²) in [5.74, 6) is 4.56. The van der Waals surface area contributed by atoms with Gasteiger partial charge in [-0.1, -0.05) is 6.92 Å². The van der Waals surface area contributed by atoms with Crippen LogP contribution in [0.25, 0.3) is 0 Å². The van der Waals surface area contributed by atoms with Gasteiger partial charge < -0.3 is 24.8 Å². The molecule has 0 spiro atoms. The minimum atomic E-state index is 0. The fraction of sp³-hybridized carbons (Fsp3) is 0.385. The zero-order chi connectivity index (χ0) is 10.6. The number of rotatable bonds is 0. The van der Waals surface area contributed by atoms with Gasteiger partial charge in [-0.15, -0.1) is 12.8 Å². The van der Waals surface area contributed by atoms with E-state index in [4.69, 9.17) is 0 Å². The molecule has 0 aliphatic heterocycles. The van der Waals surface area contributed by atoms with Gasteiger partial charge in [0.05, 0.1) is 0 Å². The first-order chi connectivity index (χ1) is 6.81. The van der Waals surface area contributed by atoms with E-state index in [0.717, 1.165) is 12.8 Å². The third-order valence-corrected chi connectivity index (χ3v) is 1.45. The Morgan fingerprint density at radius 3 is 1.82 bits per heavy atom. The molecule has 0 unspecified atom stereocenters. The molecule has 0 aromatic rings. The fourth-order valence-electron chi connectivity index (χ4n) is 0.855. The van der Waals surface area contributed by atoms with Crippen LogP contribution in [0.4, 0.5) is 0 Å². The molecule has 1 radical (unpaired) electrons. The van der Waals surface area contributed by atoms with E-state index in [1.165, 1.54) is 5.57 Å². The van der Waals surface area contributed by atoms with Crippen LogP contribution in [-0.4, -0.2) is 15.4 Å². The van der Waals surface area contributed by atoms with Gasteiger partial charge in [-0.25, -0.2) is 23.8 Å². The van der Waals surface area contributed by atoms with Gasteiger partial charge in [0.25, 0.3) is 0 Å². The summed E-state index contributed by atoms with van der Waals surface area (Å²) in [5, 5.41) is 0. The van der Waals surface area contributed by atoms with Crippen molar-refractivity contribution in [3.63, 3.8) is 0 Å². The van der Waals surface area contributed by atoms with Crippen LogP contribution in [0.1, 0.15) is 19.8 Å². The van der Waals surface area contributed by atoms with Gasteiger partial charge in [-0.2, -0.15) is 12.2 Å². The largest absolute Gasteiger partial charge is 4.00 e. The number of halogens is 2. The molecule has 0 aromatic carbocycles. The summed E-state index contributed by atoms with van der Waals surface area (Å²) in [4.78, 5) is 0. The standard InChI is InChI=1S/C6H7.C5H5.C2H7Ge.2ClH.Hf/c1-6-4-2-3-5-6;1-2-4-5-3-1;1-3-2;;;/h2,4H,3H2,1H3;1-3H,4H2;3H,1-2H3;2*1H;/q2*-1;;;;+4/p-2. The third kappa shape index (κ3) is 22.6. The quantitative estimate of drug-likeness (QED) is 0.257. The number of hydrogen-bond donors (Lipinski definition) is 0. The average molecular weight is 497 g/mol. The summed E-state index contributed by atoms with van der Waals surface area (Å²) in [6.45, 7) is 2.06. The molecule has 2 rings (SSSR count). The summed E-state index contributed by atoms with van der Waals surface area (Å²) in [6.07, 6.45) is 18.3. The van der Waals surface area contributed by atoms with E-state index < -0.39 is 0 Å². The smallest absolute Gasteiger partial charge is 1.00 e. The molecule has 0 fully saturated rings. The Balaban J connectivity index is -0.0000000718. The minimum Gasteiger partial charge on any atom is -1.00 e. The van der Waals surface area contributed by atoms with Crippen molar-refractivity contribution in [3.8, 4) is 0 Å². The van der Waals surface area contributed by atoms with Gasteiger partial charge in [0, 0.05) is 0 Å². The summed E-state index contributed by atoms with van der Waals surface area (Å²) in [7, 11) is 0. The van der Waals surface area contributed by atoms with Crippen molar-refractivity contribution in [2.45, 2.75) is 31.3 Å². The van der Waals surface area contributed by atoms with Crippen LogP contribution in [0.2, 0.25) is 11.5 Å². The van der Waals surface area contributed by atoms with Crippen LogP contribution in [-0.2, 0) is 25.8 Å². The summed E-state index contributed by atoms with van der Waals surface area (Å²) < 4.78 is 0. The molecule has 0 heterocycles. The van der Waals surface area contributed by atoms with Gasteiger partial charge in [-0.05, 0) is 0 Å². The fourth-order valence-corrected chi connectivity index (χ4v) is 0.855. The van der Waals surface area contributed by atoms with Crippen LogP contribution >= 0.6 is 0 Å². The Bertz CT molecular complexity index is 233. The maximum atomic E-state index is 3.12. The first-order valence-electron chi connectivity index (χ1n) is 5.01. The van der Waals surface area contributed by atoms with Crippen molar-refractivity contribution in [1.29, 1.82) is 0 Å². The van der Waals surface area contributed by atoms with E-state index in [2.05, 4.69) is 48.8 Å². The molecule has 4 heteroatoms. The van der Waals surface area contributed by atoms with E-state index in [9.17, 15) is 0 Å². The minimum absolute atomic E-state index is 0. The topological polar surface area (TPSA) is 0 Å². The Hall–Kier alpha value is 0.953. The molecule has 0 N–H and O–H groups in total. The maximum absolute atomic E-state index is 3.12. The van der Waals surface area contributed by atoms with Crippen molar-refractivity contribution in [2.75, 3.05) is 0 Å². The molecule has 2 aliphatic rings. The first-order valence-corrected chi connectivity index (χ1v) is 9.85. The third-order valence-electron chi connectivity index (χ3n) is 1.45. The van der Waals surface area contributed by atoms with Crippen LogP contribution in [0.3, 0.4) is 0 Å². The predicted molar refractivity (Wildman–Crippen MR) is 66.6 cm³/mol. The van der Waals surface area contributed by atoms with Crippen LogP contribution in [0.5, 0.6) is 0 Å². The van der Waals surface area contributed by atoms with Crippen molar-refractivity contribution in [2.24, 2.45) is 0 Å². The first kappa shape index (κ1) is 26.5. The number of allylic oxidation sites excluding steroid dienone is 8. The SMILES string of the molecule is CC1=[C-]CC=C1.[C-]1=CC=CC1.[CH3][GeH][CH3].[Cl-].[Cl-].[Hf+4]. The summed E-state index contributed by atoms with van der Waals surface area (Å²) in [6, 6.07) is 0. The van der Waals surface area contributed by atoms with Gasteiger partial charge in [0.1, 0.15) is 0 Å². The summed E-state index contributed by atoms with van der Waals surface area (Å²) in [5.41, 5.74) is 1.27. The zero-order valence-electron chi connectivity index (χ0n) is 10.6. The second-order valence-electron chi connectivity index (χ2n) is 3.05. The monoisotopic (exact) mass is 499 g/mol. The molecule has 0 atom stereocenters. The summed E-state index contributed by atoms with van der Waals surface area (Å²) >= 11 is 0.312. The molecule has 17 heavy (non-hydrogen) atoms. The van der Waals surface area contributed by atoms with Crippen LogP contribution < -0.4 is 24.8 Å². The second-order valence-corrected chi connectivity index (χ2v) is 5.47. The Morgan fingerprint density at radius 1 is 1.12 bits per heavy atom. The molecular formula is C13H19Cl2GeHf. The molecule has 0 aromatic heterocycles. The van der Waals surface area contributed by atoms with E-state index in [0.29, 0.717) is 15.4 Å². The van der Waals surface area contributed by atoms with Crippen LogP contribution in [0, 0.1) is 12.2 Å². The van der Waals surface area contributed by atoms with Crippen molar-refractivity contribution < 1.29 is 50.7 Å². The van der Waals surface area contributed by atoms with Gasteiger partial charge in [0.2, 0.25) is 0 Å². The normalized spacial score (nSPS) is 12.8. The molecule has 0 bridgehead atoms. The Labute approximate surface area is 144 Å². The van der Waals surface area contributed by atoms with Gasteiger partial charge >= 0.3 is 52.8 Å². The van der Waals surface area contributed by atoms with Gasteiger partial charge in [0.15, 0.2) is 0 Å². The van der Waals surface area contributed by atoms with E-state index >= 15 is 0 Å². The Morgan fingerprint density at radius 2 is 1.71 bits per heavy atom. The molecule has 0 saturated carbocycles. The maximum Gasteiger partial charge on any atom is 4.00 e. The predicted octanol–water partition coefficient (Wildman–Crippen LogP) is -2.47. The van der Waals surface area contributed by atoms with Gasteiger partial charge in [-0.3, -0.25) is 12.2 Å². The van der Waals surface area contributed by atoms with E-state index in [1.54, 1.807) is 0 Å². The van der Waals surface area contributed by atoms with E-state index in [-0.39, 0.29) is 50.7 Å². The Kier molecular flexibility index (Phi) is 34.5. The van der Waals surface area contributed by atoms with Crippen molar-refractivity contribution in [1.82, 2.24) is 0 Å².